The van der Waals surface area contributed by atoms with Crippen molar-refractivity contribution in [2.45, 2.75) is 26.8 Å². The Morgan fingerprint density at radius 3 is 2.68 bits per heavy atom. The predicted octanol–water partition coefficient (Wildman–Crippen LogP) is 1.72. The number of aromatic nitrogens is 2. The highest BCUT2D eigenvalue weighted by atomic mass is 16.1. The molecule has 116 valence electrons. The third-order valence-corrected chi connectivity index (χ3v) is 3.11. The van der Waals surface area contributed by atoms with Crippen LogP contribution in [-0.2, 0) is 0 Å². The molecule has 2 rings (SSSR count). The van der Waals surface area contributed by atoms with E-state index in [1.54, 1.807) is 0 Å². The highest BCUT2D eigenvalue weighted by Gasteiger charge is 2.16. The van der Waals surface area contributed by atoms with Crippen molar-refractivity contribution < 1.29 is 4.79 Å². The van der Waals surface area contributed by atoms with E-state index in [1.807, 2.05) is 45.0 Å². The summed E-state index contributed by atoms with van der Waals surface area (Å²) >= 11 is 0. The Morgan fingerprint density at radius 2 is 2.09 bits per heavy atom. The maximum Gasteiger partial charge on any atom is 0.254 e. The molecule has 0 unspecified atom stereocenters. The van der Waals surface area contributed by atoms with Crippen molar-refractivity contribution in [2.24, 2.45) is 11.6 Å². The Balaban J connectivity index is 2.42. The second-order valence-corrected chi connectivity index (χ2v) is 5.29. The summed E-state index contributed by atoms with van der Waals surface area (Å²) in [6.45, 7) is 5.81. The van der Waals surface area contributed by atoms with E-state index in [9.17, 15) is 4.79 Å². The molecule has 1 heterocycles. The minimum Gasteiger partial charge on any atom is -0.365 e. The quantitative estimate of drug-likeness (QED) is 0.573. The molecule has 0 atom stereocenters. The molecule has 0 aliphatic rings. The SMILES string of the molecule is Cc1cccc(Nc2nc(N(N)C(C)C)ncc2C(N)=O)c1. The van der Waals surface area contributed by atoms with E-state index in [4.69, 9.17) is 11.6 Å². The molecule has 0 fully saturated rings. The number of nitrogens with one attached hydrogen (secondary N) is 1. The van der Waals surface area contributed by atoms with Crippen LogP contribution in [0.3, 0.4) is 0 Å². The summed E-state index contributed by atoms with van der Waals surface area (Å²) in [4.78, 5) is 20.0. The lowest BCUT2D eigenvalue weighted by molar-refractivity contribution is 0.100. The molecule has 1 aromatic carbocycles. The van der Waals surface area contributed by atoms with Gasteiger partial charge in [-0.1, -0.05) is 12.1 Å². The van der Waals surface area contributed by atoms with Gasteiger partial charge in [0, 0.05) is 17.9 Å². The first-order valence-electron chi connectivity index (χ1n) is 6.93. The number of carbonyl (C=O) groups is 1. The minimum absolute atomic E-state index is 0.0197. The summed E-state index contributed by atoms with van der Waals surface area (Å²) in [5, 5.41) is 4.52. The van der Waals surface area contributed by atoms with Gasteiger partial charge in [-0.25, -0.2) is 10.8 Å². The third-order valence-electron chi connectivity index (χ3n) is 3.11. The lowest BCUT2D eigenvalue weighted by Gasteiger charge is -2.21. The predicted molar refractivity (Wildman–Crippen MR) is 86.8 cm³/mol. The minimum atomic E-state index is -0.602. The van der Waals surface area contributed by atoms with E-state index in [0.29, 0.717) is 11.8 Å². The third kappa shape index (κ3) is 3.50. The first-order valence-corrected chi connectivity index (χ1v) is 6.93. The van der Waals surface area contributed by atoms with Crippen molar-refractivity contribution in [3.05, 3.63) is 41.6 Å². The van der Waals surface area contributed by atoms with Crippen LogP contribution >= 0.6 is 0 Å². The number of carbonyl (C=O) groups excluding carboxylic acids is 1. The second kappa shape index (κ2) is 6.40. The largest absolute Gasteiger partial charge is 0.365 e. The normalized spacial score (nSPS) is 10.6. The number of nitrogens with two attached hydrogens (primary N) is 2. The van der Waals surface area contributed by atoms with Gasteiger partial charge in [0.15, 0.2) is 0 Å². The number of rotatable bonds is 5. The van der Waals surface area contributed by atoms with Crippen LogP contribution in [0.25, 0.3) is 0 Å². The number of benzene rings is 1. The van der Waals surface area contributed by atoms with Crippen LogP contribution < -0.4 is 21.9 Å². The molecular formula is C15H20N6O. The van der Waals surface area contributed by atoms with Gasteiger partial charge in [-0.2, -0.15) is 4.98 Å². The highest BCUT2D eigenvalue weighted by molar-refractivity contribution is 5.98. The maximum absolute atomic E-state index is 11.6. The molecule has 1 amide bonds. The van der Waals surface area contributed by atoms with Crippen molar-refractivity contribution in [1.82, 2.24) is 9.97 Å². The fourth-order valence-corrected chi connectivity index (χ4v) is 1.86. The average molecular weight is 300 g/mol. The van der Waals surface area contributed by atoms with Gasteiger partial charge < -0.3 is 11.1 Å². The van der Waals surface area contributed by atoms with Crippen LogP contribution in [0.1, 0.15) is 29.8 Å². The zero-order chi connectivity index (χ0) is 16.3. The van der Waals surface area contributed by atoms with Crippen LogP contribution in [0.4, 0.5) is 17.5 Å². The Morgan fingerprint density at radius 1 is 1.36 bits per heavy atom. The number of hydrogen-bond donors (Lipinski definition) is 3. The van der Waals surface area contributed by atoms with Gasteiger partial charge in [0.25, 0.3) is 5.91 Å². The second-order valence-electron chi connectivity index (χ2n) is 5.29. The van der Waals surface area contributed by atoms with E-state index in [-0.39, 0.29) is 11.6 Å². The Labute approximate surface area is 129 Å². The number of anilines is 3. The standard InChI is InChI=1S/C15H20N6O/c1-9(2)21(17)15-18-8-12(13(16)22)14(20-15)19-11-6-4-5-10(3)7-11/h4-9H,17H2,1-3H3,(H2,16,22)(H,18,19,20). The van der Waals surface area contributed by atoms with Crippen LogP contribution in [0, 0.1) is 6.92 Å². The molecule has 7 nitrogen and oxygen atoms in total. The summed E-state index contributed by atoms with van der Waals surface area (Å²) in [5.74, 6) is 5.96. The van der Waals surface area contributed by atoms with Gasteiger partial charge in [-0.15, -0.1) is 0 Å². The van der Waals surface area contributed by atoms with Crippen molar-refractivity contribution in [3.8, 4) is 0 Å². The summed E-state index contributed by atoms with van der Waals surface area (Å²) in [7, 11) is 0. The zero-order valence-corrected chi connectivity index (χ0v) is 12.9. The van der Waals surface area contributed by atoms with Gasteiger partial charge in [0.05, 0.1) is 0 Å². The van der Waals surface area contributed by atoms with Crippen molar-refractivity contribution in [3.63, 3.8) is 0 Å². The smallest absolute Gasteiger partial charge is 0.254 e. The van der Waals surface area contributed by atoms with E-state index < -0.39 is 5.91 Å². The highest BCUT2D eigenvalue weighted by Crippen LogP contribution is 2.21. The average Bonchev–Trinajstić information content (AvgIpc) is 2.46. The van der Waals surface area contributed by atoms with Gasteiger partial charge in [0.2, 0.25) is 5.95 Å². The van der Waals surface area contributed by atoms with Crippen LogP contribution in [0.2, 0.25) is 0 Å². The molecule has 1 aromatic heterocycles. The van der Waals surface area contributed by atoms with Crippen LogP contribution in [-0.4, -0.2) is 21.9 Å². The van der Waals surface area contributed by atoms with Crippen molar-refractivity contribution >= 4 is 23.4 Å². The summed E-state index contributed by atoms with van der Waals surface area (Å²) in [5.41, 5.74) is 7.48. The van der Waals surface area contributed by atoms with E-state index in [2.05, 4.69) is 15.3 Å². The number of hydrogen-bond acceptors (Lipinski definition) is 6. The molecule has 0 spiro atoms. The molecule has 0 radical (unpaired) electrons. The number of amides is 1. The molecule has 0 aliphatic heterocycles. The molecule has 0 saturated heterocycles. The monoisotopic (exact) mass is 300 g/mol. The number of primary amides is 1. The fraction of sp³-hybridized carbons (Fsp3) is 0.267. The Kier molecular flexibility index (Phi) is 4.57. The van der Waals surface area contributed by atoms with Crippen LogP contribution in [0.15, 0.2) is 30.5 Å². The lowest BCUT2D eigenvalue weighted by atomic mass is 10.2. The van der Waals surface area contributed by atoms with E-state index in [0.717, 1.165) is 11.3 Å². The topological polar surface area (TPSA) is 110 Å². The molecule has 0 aliphatic carbocycles. The molecule has 22 heavy (non-hydrogen) atoms. The van der Waals surface area contributed by atoms with Gasteiger partial charge >= 0.3 is 0 Å². The van der Waals surface area contributed by atoms with Crippen LogP contribution in [0.5, 0.6) is 0 Å². The number of aryl methyl sites for hydroxylation is 1. The summed E-state index contributed by atoms with van der Waals surface area (Å²) in [6, 6.07) is 7.72. The van der Waals surface area contributed by atoms with Gasteiger partial charge in [0.1, 0.15) is 11.4 Å². The molecule has 0 bridgehead atoms. The molecular weight excluding hydrogens is 280 g/mol. The van der Waals surface area contributed by atoms with Crippen molar-refractivity contribution in [1.29, 1.82) is 0 Å². The summed E-state index contributed by atoms with van der Waals surface area (Å²) < 4.78 is 0. The lowest BCUT2D eigenvalue weighted by Crippen LogP contribution is -2.39. The Bertz CT molecular complexity index is 685. The molecule has 0 saturated carbocycles. The first kappa shape index (κ1) is 15.7. The van der Waals surface area contributed by atoms with Gasteiger partial charge in [-0.3, -0.25) is 9.80 Å². The zero-order valence-electron chi connectivity index (χ0n) is 12.9. The fourth-order valence-electron chi connectivity index (χ4n) is 1.86. The van der Waals surface area contributed by atoms with Crippen molar-refractivity contribution in [2.75, 3.05) is 10.3 Å². The number of nitrogens with zero attached hydrogens (tertiary/aromatic N) is 3. The van der Waals surface area contributed by atoms with E-state index >= 15 is 0 Å². The molecule has 2 aromatic rings. The number of hydrazine groups is 1. The van der Waals surface area contributed by atoms with E-state index in [1.165, 1.54) is 11.2 Å². The Hall–Kier alpha value is -2.67. The summed E-state index contributed by atoms with van der Waals surface area (Å²) in [6.07, 6.45) is 1.38. The molecule has 7 heteroatoms. The maximum atomic E-state index is 11.6. The van der Waals surface area contributed by atoms with Gasteiger partial charge in [-0.05, 0) is 38.5 Å². The molecule has 5 N–H and O–H groups in total. The first-order chi connectivity index (χ1) is 10.4.